The number of nitrogens with one attached hydrogen (secondary N) is 2. The zero-order chi connectivity index (χ0) is 18.9. The van der Waals surface area contributed by atoms with Crippen LogP contribution in [0.25, 0.3) is 0 Å². The lowest BCUT2D eigenvalue weighted by atomic mass is 9.88. The molecule has 3 amide bonds. The van der Waals surface area contributed by atoms with Gasteiger partial charge in [-0.25, -0.2) is 9.59 Å². The first kappa shape index (κ1) is 20.1. The molecule has 1 saturated heterocycles. The van der Waals surface area contributed by atoms with Crippen molar-refractivity contribution >= 4 is 12.1 Å². The summed E-state index contributed by atoms with van der Waals surface area (Å²) < 4.78 is 4.93. The molecule has 1 fully saturated rings. The molecule has 2 N–H and O–H groups in total. The molecule has 0 aromatic heterocycles. The van der Waals surface area contributed by atoms with Crippen molar-refractivity contribution in [3.05, 3.63) is 35.9 Å². The van der Waals surface area contributed by atoms with E-state index < -0.39 is 6.09 Å². The van der Waals surface area contributed by atoms with Gasteiger partial charge in [-0.1, -0.05) is 44.2 Å². The van der Waals surface area contributed by atoms with Gasteiger partial charge in [-0.3, -0.25) is 0 Å². The minimum absolute atomic E-state index is 0.0523. The number of alkyl carbamates (subject to hydrolysis) is 1. The molecule has 0 bridgehead atoms. The molecule has 0 radical (unpaired) electrons. The summed E-state index contributed by atoms with van der Waals surface area (Å²) in [6.07, 6.45) is 1.32. The van der Waals surface area contributed by atoms with Gasteiger partial charge in [0, 0.05) is 31.6 Å². The maximum absolute atomic E-state index is 12.6. The Balaban J connectivity index is 1.87. The third kappa shape index (κ3) is 5.93. The molecule has 0 saturated carbocycles. The summed E-state index contributed by atoms with van der Waals surface area (Å²) in [5, 5.41) is 5.91. The van der Waals surface area contributed by atoms with Crippen molar-refractivity contribution in [2.45, 2.75) is 45.6 Å². The Hall–Kier alpha value is -2.24. The zero-order valence-electron chi connectivity index (χ0n) is 16.0. The topological polar surface area (TPSA) is 70.7 Å². The first-order valence-electron chi connectivity index (χ1n) is 9.52. The van der Waals surface area contributed by atoms with Crippen molar-refractivity contribution in [1.29, 1.82) is 0 Å². The average Bonchev–Trinajstić information content (AvgIpc) is 2.62. The summed E-state index contributed by atoms with van der Waals surface area (Å²) >= 11 is 0. The summed E-state index contributed by atoms with van der Waals surface area (Å²) in [5.41, 5.74) is 1.24. The highest BCUT2D eigenvalue weighted by Gasteiger charge is 2.26. The van der Waals surface area contributed by atoms with Crippen molar-refractivity contribution in [3.8, 4) is 0 Å². The van der Waals surface area contributed by atoms with Crippen LogP contribution >= 0.6 is 0 Å². The minimum Gasteiger partial charge on any atom is -0.450 e. The molecule has 144 valence electrons. The quantitative estimate of drug-likeness (QED) is 0.816. The maximum Gasteiger partial charge on any atom is 0.407 e. The molecule has 1 heterocycles. The van der Waals surface area contributed by atoms with E-state index in [1.165, 1.54) is 5.56 Å². The van der Waals surface area contributed by atoms with Gasteiger partial charge in [-0.05, 0) is 31.2 Å². The number of benzene rings is 1. The summed E-state index contributed by atoms with van der Waals surface area (Å²) in [7, 11) is 0. The number of likely N-dealkylation sites (tertiary alicyclic amines) is 1. The van der Waals surface area contributed by atoms with E-state index in [1.54, 1.807) is 11.8 Å². The van der Waals surface area contributed by atoms with E-state index in [2.05, 4.69) is 36.6 Å². The summed E-state index contributed by atoms with van der Waals surface area (Å²) in [4.78, 5) is 25.9. The van der Waals surface area contributed by atoms with Gasteiger partial charge in [0.25, 0.3) is 0 Å². The van der Waals surface area contributed by atoms with Crippen molar-refractivity contribution in [2.75, 3.05) is 26.2 Å². The largest absolute Gasteiger partial charge is 0.450 e. The number of ether oxygens (including phenoxy) is 1. The number of urea groups is 1. The number of rotatable bonds is 6. The number of amides is 3. The monoisotopic (exact) mass is 361 g/mol. The van der Waals surface area contributed by atoms with Crippen LogP contribution < -0.4 is 10.6 Å². The van der Waals surface area contributed by atoms with Gasteiger partial charge in [-0.2, -0.15) is 0 Å². The zero-order valence-corrected chi connectivity index (χ0v) is 16.0. The second kappa shape index (κ2) is 10.0. The van der Waals surface area contributed by atoms with Crippen LogP contribution in [0.1, 0.15) is 45.1 Å². The number of piperidine rings is 1. The highest BCUT2D eigenvalue weighted by Crippen LogP contribution is 2.23. The molecular formula is C20H31N3O3. The summed E-state index contributed by atoms with van der Waals surface area (Å²) in [5.74, 6) is 0.704. The third-order valence-electron chi connectivity index (χ3n) is 4.81. The molecule has 6 nitrogen and oxygen atoms in total. The normalized spacial score (nSPS) is 18.3. The van der Waals surface area contributed by atoms with Crippen LogP contribution in [0.4, 0.5) is 9.59 Å². The third-order valence-corrected chi connectivity index (χ3v) is 4.81. The van der Waals surface area contributed by atoms with E-state index in [1.807, 2.05) is 18.2 Å². The average molecular weight is 361 g/mol. The Morgan fingerprint density at radius 3 is 2.65 bits per heavy atom. The molecule has 1 aromatic rings. The van der Waals surface area contributed by atoms with Crippen molar-refractivity contribution < 1.29 is 14.3 Å². The molecule has 1 aromatic carbocycles. The van der Waals surface area contributed by atoms with Crippen LogP contribution in [0.15, 0.2) is 30.3 Å². The van der Waals surface area contributed by atoms with Gasteiger partial charge >= 0.3 is 12.1 Å². The fourth-order valence-corrected chi connectivity index (χ4v) is 3.37. The smallest absolute Gasteiger partial charge is 0.407 e. The van der Waals surface area contributed by atoms with Gasteiger partial charge in [0.2, 0.25) is 0 Å². The SMILES string of the molecule is CCOC(=O)N[C@@H]1CCCN(C(=O)NC[C@@H](c2ccccc2)C(C)C)C1. The van der Waals surface area contributed by atoms with E-state index in [0.717, 1.165) is 12.8 Å². The lowest BCUT2D eigenvalue weighted by Crippen LogP contribution is -2.52. The molecule has 1 aliphatic heterocycles. The molecule has 0 aliphatic carbocycles. The van der Waals surface area contributed by atoms with E-state index in [0.29, 0.717) is 32.2 Å². The number of carbonyl (C=O) groups is 2. The van der Waals surface area contributed by atoms with Gasteiger partial charge in [0.05, 0.1) is 6.61 Å². The van der Waals surface area contributed by atoms with Gasteiger partial charge in [-0.15, -0.1) is 0 Å². The highest BCUT2D eigenvalue weighted by atomic mass is 16.5. The van der Waals surface area contributed by atoms with Crippen LogP contribution in [-0.4, -0.2) is 49.3 Å². The number of carbonyl (C=O) groups excluding carboxylic acids is 2. The van der Waals surface area contributed by atoms with E-state index in [-0.39, 0.29) is 18.0 Å². The number of hydrogen-bond donors (Lipinski definition) is 2. The Morgan fingerprint density at radius 2 is 2.00 bits per heavy atom. The van der Waals surface area contributed by atoms with Crippen LogP contribution in [-0.2, 0) is 4.74 Å². The van der Waals surface area contributed by atoms with Gasteiger partial charge in [0.1, 0.15) is 0 Å². The Morgan fingerprint density at radius 1 is 1.27 bits per heavy atom. The van der Waals surface area contributed by atoms with Gasteiger partial charge < -0.3 is 20.3 Å². The Kier molecular flexibility index (Phi) is 7.75. The van der Waals surface area contributed by atoms with Crippen molar-refractivity contribution in [2.24, 2.45) is 5.92 Å². The second-order valence-corrected chi connectivity index (χ2v) is 7.10. The molecule has 0 unspecified atom stereocenters. The molecule has 0 spiro atoms. The van der Waals surface area contributed by atoms with Crippen LogP contribution in [0.5, 0.6) is 0 Å². The Bertz CT molecular complexity index is 577. The molecule has 1 aliphatic rings. The van der Waals surface area contributed by atoms with E-state index in [9.17, 15) is 9.59 Å². The second-order valence-electron chi connectivity index (χ2n) is 7.10. The standard InChI is InChI=1S/C20H31N3O3/c1-4-26-20(25)22-17-11-8-12-23(14-17)19(24)21-13-18(15(2)3)16-9-6-5-7-10-16/h5-7,9-10,15,17-18H,4,8,11-14H2,1-3H3,(H,21,24)(H,22,25)/t17-,18-/m1/s1. The van der Waals surface area contributed by atoms with E-state index >= 15 is 0 Å². The van der Waals surface area contributed by atoms with Crippen LogP contribution in [0.2, 0.25) is 0 Å². The molecule has 26 heavy (non-hydrogen) atoms. The lowest BCUT2D eigenvalue weighted by molar-refractivity contribution is 0.135. The van der Waals surface area contributed by atoms with Crippen LogP contribution in [0, 0.1) is 5.92 Å². The minimum atomic E-state index is -0.413. The fourth-order valence-electron chi connectivity index (χ4n) is 3.37. The number of hydrogen-bond acceptors (Lipinski definition) is 3. The predicted molar refractivity (Wildman–Crippen MR) is 102 cm³/mol. The molecular weight excluding hydrogens is 330 g/mol. The molecule has 6 heteroatoms. The molecule has 2 atom stereocenters. The summed E-state index contributed by atoms with van der Waals surface area (Å²) in [6.45, 7) is 8.30. The first-order valence-corrected chi connectivity index (χ1v) is 9.52. The lowest BCUT2D eigenvalue weighted by Gasteiger charge is -2.33. The predicted octanol–water partition coefficient (Wildman–Crippen LogP) is 3.35. The first-order chi connectivity index (χ1) is 12.5. The number of nitrogens with zero attached hydrogens (tertiary/aromatic N) is 1. The Labute approximate surface area is 156 Å². The van der Waals surface area contributed by atoms with Gasteiger partial charge in [0.15, 0.2) is 0 Å². The van der Waals surface area contributed by atoms with Crippen LogP contribution in [0.3, 0.4) is 0 Å². The van der Waals surface area contributed by atoms with E-state index in [4.69, 9.17) is 4.74 Å². The van der Waals surface area contributed by atoms with Crippen molar-refractivity contribution in [1.82, 2.24) is 15.5 Å². The maximum atomic E-state index is 12.6. The highest BCUT2D eigenvalue weighted by molar-refractivity contribution is 5.74. The van der Waals surface area contributed by atoms with Crippen molar-refractivity contribution in [3.63, 3.8) is 0 Å². The summed E-state index contributed by atoms with van der Waals surface area (Å²) in [6, 6.07) is 10.2. The molecule has 2 rings (SSSR count). The fraction of sp³-hybridized carbons (Fsp3) is 0.600.